The Hall–Kier alpha value is -3.07. The lowest BCUT2D eigenvalue weighted by Crippen LogP contribution is -2.30. The van der Waals surface area contributed by atoms with Gasteiger partial charge in [0, 0.05) is 12.2 Å². The topological polar surface area (TPSA) is 102 Å². The van der Waals surface area contributed by atoms with Crippen LogP contribution in [-0.2, 0) is 26.0 Å². The summed E-state index contributed by atoms with van der Waals surface area (Å²) in [5.41, 5.74) is 2.13. The number of sulfonamides is 1. The molecule has 0 aliphatic carbocycles. The molecule has 29 heavy (non-hydrogen) atoms. The fraction of sp³-hybridized carbons (Fsp3) is 0.300. The van der Waals surface area contributed by atoms with Crippen molar-refractivity contribution in [1.29, 1.82) is 0 Å². The number of amides is 1. The van der Waals surface area contributed by atoms with Gasteiger partial charge in [0.05, 0.1) is 24.6 Å². The lowest BCUT2D eigenvalue weighted by Gasteiger charge is -2.17. The molecule has 0 saturated heterocycles. The molecule has 154 valence electrons. The summed E-state index contributed by atoms with van der Waals surface area (Å²) < 4.78 is 35.2. The van der Waals surface area contributed by atoms with Crippen molar-refractivity contribution in [1.82, 2.24) is 0 Å². The van der Waals surface area contributed by atoms with E-state index in [-0.39, 0.29) is 5.56 Å². The third kappa shape index (κ3) is 4.68. The fourth-order valence-corrected chi connectivity index (χ4v) is 4.00. The third-order valence-electron chi connectivity index (χ3n) is 4.58. The van der Waals surface area contributed by atoms with Gasteiger partial charge in [-0.1, -0.05) is 0 Å². The minimum atomic E-state index is -3.36. The number of methoxy groups -OCH3 is 1. The number of rotatable bonds is 6. The Balaban J connectivity index is 1.64. The van der Waals surface area contributed by atoms with E-state index in [0.29, 0.717) is 30.1 Å². The molecule has 0 saturated carbocycles. The summed E-state index contributed by atoms with van der Waals surface area (Å²) in [4.78, 5) is 24.7. The molecule has 0 aromatic heterocycles. The van der Waals surface area contributed by atoms with Crippen molar-refractivity contribution < 1.29 is 27.5 Å². The quantitative estimate of drug-likeness (QED) is 0.722. The smallest absolute Gasteiger partial charge is 0.338 e. The maximum absolute atomic E-state index is 12.4. The van der Waals surface area contributed by atoms with Crippen molar-refractivity contribution in [3.8, 4) is 5.75 Å². The summed E-state index contributed by atoms with van der Waals surface area (Å²) >= 11 is 0. The van der Waals surface area contributed by atoms with E-state index >= 15 is 0 Å². The largest absolute Gasteiger partial charge is 0.497 e. The van der Waals surface area contributed by atoms with Gasteiger partial charge in [-0.05, 0) is 61.4 Å². The first-order valence-corrected chi connectivity index (χ1v) is 10.8. The lowest BCUT2D eigenvalue weighted by atomic mass is 10.1. The van der Waals surface area contributed by atoms with Gasteiger partial charge in [0.1, 0.15) is 5.75 Å². The van der Waals surface area contributed by atoms with Gasteiger partial charge in [-0.15, -0.1) is 0 Å². The molecular weight excluding hydrogens is 396 g/mol. The summed E-state index contributed by atoms with van der Waals surface area (Å²) in [5.74, 6) is -0.454. The van der Waals surface area contributed by atoms with E-state index in [1.54, 1.807) is 43.5 Å². The van der Waals surface area contributed by atoms with Gasteiger partial charge < -0.3 is 14.8 Å². The molecule has 1 aliphatic heterocycles. The van der Waals surface area contributed by atoms with E-state index in [1.165, 1.54) is 17.3 Å². The van der Waals surface area contributed by atoms with Crippen molar-refractivity contribution in [2.45, 2.75) is 19.4 Å². The number of nitrogens with one attached hydrogen (secondary N) is 1. The van der Waals surface area contributed by atoms with Crippen molar-refractivity contribution in [3.63, 3.8) is 0 Å². The summed E-state index contributed by atoms with van der Waals surface area (Å²) in [6.07, 6.45) is 0.648. The molecule has 1 N–H and O–H groups in total. The van der Waals surface area contributed by atoms with Crippen molar-refractivity contribution in [3.05, 3.63) is 53.6 Å². The number of carbonyl (C=O) groups excluding carboxylic acids is 2. The molecule has 8 nitrogen and oxygen atoms in total. The highest BCUT2D eigenvalue weighted by Crippen LogP contribution is 2.31. The molecule has 1 aliphatic rings. The van der Waals surface area contributed by atoms with Crippen LogP contribution in [0.1, 0.15) is 22.8 Å². The molecular formula is C20H22N2O6S. The molecule has 1 amide bonds. The number of carbonyl (C=O) groups is 2. The molecule has 3 rings (SSSR count). The van der Waals surface area contributed by atoms with Crippen LogP contribution in [0.25, 0.3) is 0 Å². The Morgan fingerprint density at radius 3 is 2.45 bits per heavy atom. The fourth-order valence-electron chi connectivity index (χ4n) is 3.04. The van der Waals surface area contributed by atoms with E-state index in [9.17, 15) is 18.0 Å². The van der Waals surface area contributed by atoms with Gasteiger partial charge in [-0.2, -0.15) is 0 Å². The van der Waals surface area contributed by atoms with E-state index < -0.39 is 28.0 Å². The first-order chi connectivity index (χ1) is 13.7. The summed E-state index contributed by atoms with van der Waals surface area (Å²) in [5, 5.41) is 2.67. The Kier molecular flexibility index (Phi) is 5.78. The monoisotopic (exact) mass is 418 g/mol. The first kappa shape index (κ1) is 20.7. The van der Waals surface area contributed by atoms with Gasteiger partial charge in [-0.3, -0.25) is 9.10 Å². The van der Waals surface area contributed by atoms with E-state index in [2.05, 4.69) is 5.32 Å². The SMILES string of the molecule is COc1ccc(NC(=O)C(C)OC(=O)c2ccc3c(c2)CCN3S(C)(=O)=O)cc1. The highest BCUT2D eigenvalue weighted by molar-refractivity contribution is 7.92. The summed E-state index contributed by atoms with van der Waals surface area (Å²) in [7, 11) is -1.81. The predicted octanol–water partition coefficient (Wildman–Crippen LogP) is 2.20. The molecule has 1 unspecified atom stereocenters. The Morgan fingerprint density at radius 1 is 1.14 bits per heavy atom. The van der Waals surface area contributed by atoms with Gasteiger partial charge in [0.25, 0.3) is 5.91 Å². The summed E-state index contributed by atoms with van der Waals surface area (Å²) in [6.45, 7) is 1.82. The van der Waals surface area contributed by atoms with Crippen LogP contribution in [0.2, 0.25) is 0 Å². The van der Waals surface area contributed by atoms with Crippen LogP contribution in [0, 0.1) is 0 Å². The molecule has 1 atom stereocenters. The van der Waals surface area contributed by atoms with Crippen LogP contribution < -0.4 is 14.4 Å². The van der Waals surface area contributed by atoms with Crippen LogP contribution in [0.15, 0.2) is 42.5 Å². The molecule has 9 heteroatoms. The second kappa shape index (κ2) is 8.12. The molecule has 0 fully saturated rings. The number of hydrogen-bond acceptors (Lipinski definition) is 6. The van der Waals surface area contributed by atoms with E-state index in [4.69, 9.17) is 9.47 Å². The number of fused-ring (bicyclic) bond motifs is 1. The van der Waals surface area contributed by atoms with Gasteiger partial charge >= 0.3 is 5.97 Å². The van der Waals surface area contributed by atoms with E-state index in [0.717, 1.165) is 11.8 Å². The number of ether oxygens (including phenoxy) is 2. The highest BCUT2D eigenvalue weighted by Gasteiger charge is 2.27. The third-order valence-corrected chi connectivity index (χ3v) is 5.76. The number of nitrogens with zero attached hydrogens (tertiary/aromatic N) is 1. The number of esters is 1. The Bertz CT molecular complexity index is 1030. The van der Waals surface area contributed by atoms with Crippen molar-refractivity contribution in [2.24, 2.45) is 0 Å². The molecule has 0 bridgehead atoms. The van der Waals surface area contributed by atoms with Crippen LogP contribution in [0.5, 0.6) is 5.75 Å². The minimum Gasteiger partial charge on any atom is -0.497 e. The van der Waals surface area contributed by atoms with Crippen molar-refractivity contribution in [2.75, 3.05) is 29.5 Å². The maximum atomic E-state index is 12.4. The lowest BCUT2D eigenvalue weighted by molar-refractivity contribution is -0.123. The average Bonchev–Trinajstić information content (AvgIpc) is 3.12. The van der Waals surface area contributed by atoms with Crippen LogP contribution in [-0.4, -0.2) is 46.3 Å². The molecule has 0 spiro atoms. The Morgan fingerprint density at radius 2 is 1.83 bits per heavy atom. The standard InChI is InChI=1S/C20H22N2O6S/c1-13(19(23)21-16-5-7-17(27-2)8-6-16)28-20(24)15-4-9-18-14(12-15)10-11-22(18)29(3,25)26/h4-9,12-13H,10-11H2,1-3H3,(H,21,23). The average molecular weight is 418 g/mol. The Labute approximate surface area is 169 Å². The second-order valence-corrected chi connectivity index (χ2v) is 8.60. The van der Waals surface area contributed by atoms with Gasteiger partial charge in [0.2, 0.25) is 10.0 Å². The minimum absolute atomic E-state index is 0.267. The number of anilines is 2. The van der Waals surface area contributed by atoms with Crippen LogP contribution in [0.4, 0.5) is 11.4 Å². The summed E-state index contributed by atoms with van der Waals surface area (Å²) in [6, 6.07) is 11.5. The second-order valence-electron chi connectivity index (χ2n) is 6.69. The zero-order chi connectivity index (χ0) is 21.2. The highest BCUT2D eigenvalue weighted by atomic mass is 32.2. The number of benzene rings is 2. The predicted molar refractivity (Wildman–Crippen MR) is 109 cm³/mol. The van der Waals surface area contributed by atoms with Crippen LogP contribution >= 0.6 is 0 Å². The van der Waals surface area contributed by atoms with E-state index in [1.807, 2.05) is 0 Å². The van der Waals surface area contributed by atoms with Crippen molar-refractivity contribution >= 4 is 33.3 Å². The normalized spacial score (nSPS) is 14.1. The first-order valence-electron chi connectivity index (χ1n) is 8.95. The number of hydrogen-bond donors (Lipinski definition) is 1. The molecule has 2 aromatic carbocycles. The molecule has 0 radical (unpaired) electrons. The zero-order valence-electron chi connectivity index (χ0n) is 16.3. The van der Waals surface area contributed by atoms with Crippen LogP contribution in [0.3, 0.4) is 0 Å². The molecule has 2 aromatic rings. The zero-order valence-corrected chi connectivity index (χ0v) is 17.2. The maximum Gasteiger partial charge on any atom is 0.338 e. The van der Waals surface area contributed by atoms with Gasteiger partial charge in [0.15, 0.2) is 6.10 Å². The van der Waals surface area contributed by atoms with Gasteiger partial charge in [-0.25, -0.2) is 13.2 Å². The molecule has 1 heterocycles.